The third kappa shape index (κ3) is 5.80. The van der Waals surface area contributed by atoms with E-state index in [0.717, 1.165) is 24.0 Å². The van der Waals surface area contributed by atoms with Crippen LogP contribution in [0.3, 0.4) is 0 Å². The van der Waals surface area contributed by atoms with Crippen molar-refractivity contribution < 1.29 is 14.6 Å². The first-order chi connectivity index (χ1) is 11.7. The van der Waals surface area contributed by atoms with Crippen molar-refractivity contribution in [3.63, 3.8) is 0 Å². The van der Waals surface area contributed by atoms with Crippen LogP contribution in [0.2, 0.25) is 0 Å². The van der Waals surface area contributed by atoms with Gasteiger partial charge in [0.05, 0.1) is 6.61 Å². The summed E-state index contributed by atoms with van der Waals surface area (Å²) in [6.45, 7) is 1.12. The zero-order valence-corrected chi connectivity index (χ0v) is 14.6. The number of methoxy groups -OCH3 is 1. The Morgan fingerprint density at radius 2 is 1.96 bits per heavy atom. The van der Waals surface area contributed by atoms with Gasteiger partial charge in [0.1, 0.15) is 0 Å². The van der Waals surface area contributed by atoms with E-state index in [0.29, 0.717) is 25.5 Å². The highest BCUT2D eigenvalue weighted by Gasteiger charge is 2.24. The highest BCUT2D eigenvalue weighted by atomic mass is 16.5. The van der Waals surface area contributed by atoms with E-state index >= 15 is 0 Å². The van der Waals surface area contributed by atoms with Crippen molar-refractivity contribution in [2.75, 3.05) is 13.7 Å². The molecule has 1 aliphatic carbocycles. The number of carbonyl (C=O) groups is 1. The number of hydrogen-bond donors (Lipinski definition) is 3. The fraction of sp³-hybridized carbons (Fsp3) is 0.632. The smallest absolute Gasteiger partial charge is 0.315 e. The number of benzene rings is 1. The minimum absolute atomic E-state index is 0.0597. The molecule has 0 bridgehead atoms. The molecule has 1 unspecified atom stereocenters. The molecule has 5 heteroatoms. The Kier molecular flexibility index (Phi) is 8.05. The normalized spacial score (nSPS) is 16.6. The van der Waals surface area contributed by atoms with Crippen LogP contribution in [0.4, 0.5) is 4.79 Å². The highest BCUT2D eigenvalue weighted by Crippen LogP contribution is 2.27. The average Bonchev–Trinajstić information content (AvgIpc) is 2.62. The zero-order chi connectivity index (χ0) is 17.2. The Morgan fingerprint density at radius 1 is 1.25 bits per heavy atom. The molecule has 1 aromatic rings. The van der Waals surface area contributed by atoms with Crippen molar-refractivity contribution >= 4 is 6.03 Å². The Bertz CT molecular complexity index is 501. The number of carbonyl (C=O) groups excluding carboxylic acids is 1. The van der Waals surface area contributed by atoms with Crippen molar-refractivity contribution in [1.29, 1.82) is 0 Å². The van der Waals surface area contributed by atoms with Gasteiger partial charge in [-0.2, -0.15) is 0 Å². The molecule has 3 N–H and O–H groups in total. The Labute approximate surface area is 144 Å². The number of urea groups is 1. The molecule has 24 heavy (non-hydrogen) atoms. The second-order valence-electron chi connectivity index (χ2n) is 6.55. The molecule has 0 heterocycles. The summed E-state index contributed by atoms with van der Waals surface area (Å²) in [5.74, 6) is 0.484. The third-order valence-corrected chi connectivity index (χ3v) is 4.83. The number of nitrogens with one attached hydrogen (secondary N) is 2. The van der Waals surface area contributed by atoms with Gasteiger partial charge in [0.2, 0.25) is 0 Å². The molecule has 0 aromatic heterocycles. The molecule has 0 aliphatic heterocycles. The van der Waals surface area contributed by atoms with E-state index in [4.69, 9.17) is 4.74 Å². The molecule has 2 rings (SSSR count). The molecule has 0 saturated heterocycles. The maximum absolute atomic E-state index is 12.3. The van der Waals surface area contributed by atoms with E-state index in [1.165, 1.54) is 19.3 Å². The minimum atomic E-state index is -0.161. The summed E-state index contributed by atoms with van der Waals surface area (Å²) < 4.78 is 5.20. The van der Waals surface area contributed by atoms with Gasteiger partial charge < -0.3 is 20.5 Å². The molecule has 0 radical (unpaired) electrons. The number of ether oxygens (including phenoxy) is 1. The largest absolute Gasteiger partial charge is 0.396 e. The van der Waals surface area contributed by atoms with Crippen LogP contribution in [0, 0.1) is 5.92 Å². The first-order valence-corrected chi connectivity index (χ1v) is 8.95. The number of hydrogen-bond acceptors (Lipinski definition) is 3. The van der Waals surface area contributed by atoms with Crippen molar-refractivity contribution in [2.45, 2.75) is 57.7 Å². The van der Waals surface area contributed by atoms with Gasteiger partial charge in [0, 0.05) is 26.3 Å². The summed E-state index contributed by atoms with van der Waals surface area (Å²) in [6.07, 6.45) is 6.63. The molecule has 1 saturated carbocycles. The standard InChI is InChI=1S/C19H30N2O3/c1-24-14-17-10-6-5-9-16(17)13-20-19(23)21-18(11-12-22)15-7-3-2-4-8-15/h5-6,9-10,15,18,22H,2-4,7-8,11-14H2,1H3,(H2,20,21,23). The molecule has 1 atom stereocenters. The highest BCUT2D eigenvalue weighted by molar-refractivity contribution is 5.74. The van der Waals surface area contributed by atoms with Crippen LogP contribution in [-0.2, 0) is 17.9 Å². The van der Waals surface area contributed by atoms with Gasteiger partial charge in [-0.15, -0.1) is 0 Å². The summed E-state index contributed by atoms with van der Waals surface area (Å²) in [5.41, 5.74) is 2.14. The van der Waals surface area contributed by atoms with Gasteiger partial charge >= 0.3 is 6.03 Å². The first kappa shape index (κ1) is 18.7. The number of amides is 2. The van der Waals surface area contributed by atoms with Crippen LogP contribution in [-0.4, -0.2) is 30.9 Å². The maximum atomic E-state index is 12.3. The Balaban J connectivity index is 1.86. The van der Waals surface area contributed by atoms with E-state index in [9.17, 15) is 9.90 Å². The molecule has 1 aromatic carbocycles. The predicted molar refractivity (Wildman–Crippen MR) is 94.6 cm³/mol. The molecule has 0 spiro atoms. The number of aliphatic hydroxyl groups is 1. The summed E-state index contributed by atoms with van der Waals surface area (Å²) >= 11 is 0. The van der Waals surface area contributed by atoms with Crippen LogP contribution >= 0.6 is 0 Å². The first-order valence-electron chi connectivity index (χ1n) is 8.95. The fourth-order valence-corrected chi connectivity index (χ4v) is 3.52. The molecule has 134 valence electrons. The van der Waals surface area contributed by atoms with Crippen molar-refractivity contribution in [3.05, 3.63) is 35.4 Å². The lowest BCUT2D eigenvalue weighted by Crippen LogP contribution is -2.46. The zero-order valence-electron chi connectivity index (χ0n) is 14.6. The van der Waals surface area contributed by atoms with Crippen LogP contribution in [0.25, 0.3) is 0 Å². The van der Waals surface area contributed by atoms with Crippen LogP contribution in [0.15, 0.2) is 24.3 Å². The predicted octanol–water partition coefficient (Wildman–Crippen LogP) is 2.96. The van der Waals surface area contributed by atoms with E-state index < -0.39 is 0 Å². The summed E-state index contributed by atoms with van der Waals surface area (Å²) in [5, 5.41) is 15.3. The van der Waals surface area contributed by atoms with Crippen LogP contribution < -0.4 is 10.6 Å². The lowest BCUT2D eigenvalue weighted by Gasteiger charge is -2.30. The second kappa shape index (κ2) is 10.3. The van der Waals surface area contributed by atoms with E-state index in [1.807, 2.05) is 24.3 Å². The summed E-state index contributed by atoms with van der Waals surface area (Å²) in [7, 11) is 1.67. The molecule has 1 aliphatic rings. The van der Waals surface area contributed by atoms with Crippen LogP contribution in [0.5, 0.6) is 0 Å². The van der Waals surface area contributed by atoms with Gasteiger partial charge in [-0.1, -0.05) is 43.5 Å². The summed E-state index contributed by atoms with van der Waals surface area (Å²) in [6, 6.07) is 7.84. The Hall–Kier alpha value is -1.59. The lowest BCUT2D eigenvalue weighted by molar-refractivity contribution is 0.183. The molecular formula is C19H30N2O3. The van der Waals surface area contributed by atoms with Crippen molar-refractivity contribution in [2.24, 2.45) is 5.92 Å². The molecular weight excluding hydrogens is 304 g/mol. The third-order valence-electron chi connectivity index (χ3n) is 4.83. The molecule has 2 amide bonds. The SMILES string of the molecule is COCc1ccccc1CNC(=O)NC(CCO)C1CCCCC1. The number of rotatable bonds is 8. The van der Waals surface area contributed by atoms with E-state index in [1.54, 1.807) is 7.11 Å². The second-order valence-corrected chi connectivity index (χ2v) is 6.55. The topological polar surface area (TPSA) is 70.6 Å². The average molecular weight is 334 g/mol. The monoisotopic (exact) mass is 334 g/mol. The van der Waals surface area contributed by atoms with Crippen molar-refractivity contribution in [1.82, 2.24) is 10.6 Å². The van der Waals surface area contributed by atoms with Gasteiger partial charge in [0.25, 0.3) is 0 Å². The van der Waals surface area contributed by atoms with E-state index in [-0.39, 0.29) is 18.7 Å². The maximum Gasteiger partial charge on any atom is 0.315 e. The molecule has 5 nitrogen and oxygen atoms in total. The van der Waals surface area contributed by atoms with E-state index in [2.05, 4.69) is 10.6 Å². The van der Waals surface area contributed by atoms with Gasteiger partial charge in [0.15, 0.2) is 0 Å². The van der Waals surface area contributed by atoms with Crippen molar-refractivity contribution in [3.8, 4) is 0 Å². The van der Waals surface area contributed by atoms with Gasteiger partial charge in [-0.05, 0) is 36.3 Å². The quantitative estimate of drug-likeness (QED) is 0.684. The number of aliphatic hydroxyl groups excluding tert-OH is 1. The lowest BCUT2D eigenvalue weighted by atomic mass is 9.83. The minimum Gasteiger partial charge on any atom is -0.396 e. The van der Waals surface area contributed by atoms with Gasteiger partial charge in [-0.3, -0.25) is 0 Å². The fourth-order valence-electron chi connectivity index (χ4n) is 3.52. The Morgan fingerprint density at radius 3 is 2.62 bits per heavy atom. The van der Waals surface area contributed by atoms with Gasteiger partial charge in [-0.25, -0.2) is 4.79 Å². The summed E-state index contributed by atoms with van der Waals surface area (Å²) in [4.78, 5) is 12.3. The molecule has 1 fully saturated rings. The van der Waals surface area contributed by atoms with Crippen LogP contribution in [0.1, 0.15) is 49.7 Å².